The van der Waals surface area contributed by atoms with Crippen molar-refractivity contribution >= 4 is 31.9 Å². The first-order chi connectivity index (χ1) is 9.38. The summed E-state index contributed by atoms with van der Waals surface area (Å²) >= 11 is 6.46. The first kappa shape index (κ1) is 15.6. The highest BCUT2D eigenvalue weighted by molar-refractivity contribution is 9.10. The second kappa shape index (κ2) is 6.31. The van der Waals surface area contributed by atoms with Gasteiger partial charge in [-0.1, -0.05) is 68.3 Å². The molecule has 2 aromatic rings. The molecule has 0 nitrogen and oxygen atoms in total. The second-order valence-electron chi connectivity index (χ2n) is 4.39. The van der Waals surface area contributed by atoms with Crippen LogP contribution in [0.5, 0.6) is 0 Å². The van der Waals surface area contributed by atoms with Crippen LogP contribution in [0.15, 0.2) is 53.0 Å². The van der Waals surface area contributed by atoms with Crippen LogP contribution in [0, 0.1) is 0 Å². The third-order valence-electron chi connectivity index (χ3n) is 2.92. The summed E-state index contributed by atoms with van der Waals surface area (Å²) in [5, 5.41) is 0. The highest BCUT2D eigenvalue weighted by Crippen LogP contribution is 2.39. The Morgan fingerprint density at radius 1 is 1.00 bits per heavy atom. The van der Waals surface area contributed by atoms with Crippen molar-refractivity contribution in [1.29, 1.82) is 0 Å². The Morgan fingerprint density at radius 2 is 1.65 bits per heavy atom. The van der Waals surface area contributed by atoms with E-state index in [1.807, 2.05) is 30.3 Å². The maximum atomic E-state index is 13.1. The van der Waals surface area contributed by atoms with Gasteiger partial charge in [0.05, 0.1) is 5.56 Å². The summed E-state index contributed by atoms with van der Waals surface area (Å²) in [5.41, 5.74) is 0.639. The smallest absolute Gasteiger partial charge is 0.166 e. The fraction of sp³-hybridized carbons (Fsp3) is 0.200. The summed E-state index contributed by atoms with van der Waals surface area (Å²) in [5.74, 6) is 0. The molecule has 0 amide bonds. The molecule has 0 aliphatic heterocycles. The van der Waals surface area contributed by atoms with E-state index in [0.29, 0.717) is 10.9 Å². The number of halogens is 5. The maximum Gasteiger partial charge on any atom is 0.416 e. The Kier molecular flexibility index (Phi) is 4.91. The van der Waals surface area contributed by atoms with E-state index < -0.39 is 11.7 Å². The van der Waals surface area contributed by atoms with Crippen LogP contribution in [0.3, 0.4) is 0 Å². The van der Waals surface area contributed by atoms with Crippen LogP contribution in [0.2, 0.25) is 0 Å². The van der Waals surface area contributed by atoms with E-state index in [4.69, 9.17) is 0 Å². The van der Waals surface area contributed by atoms with Gasteiger partial charge in [0.25, 0.3) is 0 Å². The van der Waals surface area contributed by atoms with E-state index >= 15 is 0 Å². The van der Waals surface area contributed by atoms with E-state index in [2.05, 4.69) is 31.9 Å². The van der Waals surface area contributed by atoms with Crippen LogP contribution in [0.4, 0.5) is 13.2 Å². The molecule has 1 atom stereocenters. The summed E-state index contributed by atoms with van der Waals surface area (Å²) < 4.78 is 39.7. The van der Waals surface area contributed by atoms with Crippen molar-refractivity contribution in [3.05, 3.63) is 69.7 Å². The van der Waals surface area contributed by atoms with Gasteiger partial charge in [-0.05, 0) is 29.7 Å². The first-order valence-electron chi connectivity index (χ1n) is 5.92. The van der Waals surface area contributed by atoms with Gasteiger partial charge in [-0.15, -0.1) is 0 Å². The molecule has 0 saturated heterocycles. The fourth-order valence-corrected chi connectivity index (χ4v) is 3.11. The van der Waals surface area contributed by atoms with Gasteiger partial charge >= 0.3 is 6.18 Å². The molecule has 0 radical (unpaired) electrons. The summed E-state index contributed by atoms with van der Waals surface area (Å²) in [6, 6.07) is 13.7. The highest BCUT2D eigenvalue weighted by atomic mass is 79.9. The van der Waals surface area contributed by atoms with Crippen LogP contribution >= 0.6 is 31.9 Å². The molecule has 0 bridgehead atoms. The van der Waals surface area contributed by atoms with Gasteiger partial charge in [-0.2, -0.15) is 13.2 Å². The van der Waals surface area contributed by atoms with Crippen LogP contribution in [0.25, 0.3) is 0 Å². The Hall–Kier alpha value is -0.810. The Balaban J connectivity index is 2.32. The third kappa shape index (κ3) is 3.85. The highest BCUT2D eigenvalue weighted by Gasteiger charge is 2.35. The minimum Gasteiger partial charge on any atom is -0.166 e. The van der Waals surface area contributed by atoms with Gasteiger partial charge in [-0.25, -0.2) is 0 Å². The van der Waals surface area contributed by atoms with Crippen molar-refractivity contribution in [2.45, 2.75) is 17.4 Å². The quantitative estimate of drug-likeness (QED) is 0.535. The summed E-state index contributed by atoms with van der Waals surface area (Å²) in [7, 11) is 0. The standard InChI is InChI=1S/C15H11Br2F3/c16-11-6-7-12(13(9-11)15(18,19)20)14(17)8-10-4-2-1-3-5-10/h1-7,9,14H,8H2. The van der Waals surface area contributed by atoms with E-state index in [-0.39, 0.29) is 10.4 Å². The van der Waals surface area contributed by atoms with Crippen LogP contribution in [0.1, 0.15) is 21.5 Å². The SMILES string of the molecule is FC(F)(F)c1cc(Br)ccc1C(Br)Cc1ccccc1. The molecular weight excluding hydrogens is 397 g/mol. The zero-order valence-electron chi connectivity index (χ0n) is 10.3. The van der Waals surface area contributed by atoms with Gasteiger partial charge in [0, 0.05) is 9.30 Å². The molecule has 0 spiro atoms. The molecule has 0 heterocycles. The van der Waals surface area contributed by atoms with Crippen molar-refractivity contribution in [2.75, 3.05) is 0 Å². The Morgan fingerprint density at radius 3 is 2.25 bits per heavy atom. The predicted octanol–water partition coefficient (Wildman–Crippen LogP) is 6.15. The molecule has 106 valence electrons. The Bertz CT molecular complexity index is 579. The van der Waals surface area contributed by atoms with E-state index in [1.165, 1.54) is 6.07 Å². The maximum absolute atomic E-state index is 13.1. The number of alkyl halides is 4. The van der Waals surface area contributed by atoms with E-state index in [1.54, 1.807) is 6.07 Å². The lowest BCUT2D eigenvalue weighted by Crippen LogP contribution is -2.11. The van der Waals surface area contributed by atoms with Gasteiger partial charge in [0.2, 0.25) is 0 Å². The van der Waals surface area contributed by atoms with Crippen molar-refractivity contribution in [2.24, 2.45) is 0 Å². The number of hydrogen-bond acceptors (Lipinski definition) is 0. The minimum atomic E-state index is -4.36. The van der Waals surface area contributed by atoms with Gasteiger partial charge < -0.3 is 0 Å². The van der Waals surface area contributed by atoms with Gasteiger partial charge in [-0.3, -0.25) is 0 Å². The van der Waals surface area contributed by atoms with Crippen molar-refractivity contribution in [3.63, 3.8) is 0 Å². The van der Waals surface area contributed by atoms with Crippen molar-refractivity contribution < 1.29 is 13.2 Å². The monoisotopic (exact) mass is 406 g/mol. The summed E-state index contributed by atoms with van der Waals surface area (Å²) in [6.45, 7) is 0. The molecule has 1 unspecified atom stereocenters. The molecule has 5 heteroatoms. The number of hydrogen-bond donors (Lipinski definition) is 0. The molecule has 0 saturated carbocycles. The lowest BCUT2D eigenvalue weighted by molar-refractivity contribution is -0.138. The lowest BCUT2D eigenvalue weighted by Gasteiger charge is -2.17. The molecule has 0 aromatic heterocycles. The molecule has 2 aromatic carbocycles. The average Bonchev–Trinajstić information content (AvgIpc) is 2.38. The molecule has 0 N–H and O–H groups in total. The van der Waals surface area contributed by atoms with Crippen LogP contribution in [-0.2, 0) is 12.6 Å². The fourth-order valence-electron chi connectivity index (χ4n) is 1.98. The summed E-state index contributed by atoms with van der Waals surface area (Å²) in [4.78, 5) is -0.380. The predicted molar refractivity (Wildman–Crippen MR) is 81.0 cm³/mol. The molecule has 0 aliphatic rings. The normalized spacial score (nSPS) is 13.2. The average molecular weight is 408 g/mol. The molecule has 0 fully saturated rings. The number of rotatable bonds is 3. The molecule has 2 rings (SSSR count). The van der Waals surface area contributed by atoms with Gasteiger partial charge in [0.1, 0.15) is 0 Å². The van der Waals surface area contributed by atoms with E-state index in [9.17, 15) is 13.2 Å². The largest absolute Gasteiger partial charge is 0.416 e. The first-order valence-corrected chi connectivity index (χ1v) is 7.63. The number of benzene rings is 2. The third-order valence-corrected chi connectivity index (χ3v) is 4.23. The lowest BCUT2D eigenvalue weighted by atomic mass is 9.99. The van der Waals surface area contributed by atoms with Crippen molar-refractivity contribution in [1.82, 2.24) is 0 Å². The van der Waals surface area contributed by atoms with Crippen LogP contribution < -0.4 is 0 Å². The molecule has 20 heavy (non-hydrogen) atoms. The minimum absolute atomic E-state index is 0.254. The second-order valence-corrected chi connectivity index (χ2v) is 6.41. The van der Waals surface area contributed by atoms with Crippen molar-refractivity contribution in [3.8, 4) is 0 Å². The van der Waals surface area contributed by atoms with Crippen LogP contribution in [-0.4, -0.2) is 0 Å². The zero-order valence-corrected chi connectivity index (χ0v) is 13.5. The summed E-state index contributed by atoms with van der Waals surface area (Å²) in [6.07, 6.45) is -3.85. The molecular formula is C15H11Br2F3. The van der Waals surface area contributed by atoms with E-state index in [0.717, 1.165) is 11.6 Å². The topological polar surface area (TPSA) is 0 Å². The molecule has 0 aliphatic carbocycles. The zero-order chi connectivity index (χ0) is 14.8. The van der Waals surface area contributed by atoms with Gasteiger partial charge in [0.15, 0.2) is 0 Å². The Labute approximate surface area is 132 Å².